The van der Waals surface area contributed by atoms with Gasteiger partial charge < -0.3 is 24.2 Å². The number of hydrogen-bond acceptors (Lipinski definition) is 7. The van der Waals surface area contributed by atoms with Crippen LogP contribution in [0, 0.1) is 20.8 Å². The van der Waals surface area contributed by atoms with E-state index in [1.165, 1.54) is 0 Å². The van der Waals surface area contributed by atoms with Crippen LogP contribution in [0.2, 0.25) is 5.02 Å². The Morgan fingerprint density at radius 1 is 1.02 bits per heavy atom. The third-order valence-electron chi connectivity index (χ3n) is 8.26. The van der Waals surface area contributed by atoms with Crippen molar-refractivity contribution in [3.8, 4) is 0 Å². The Labute approximate surface area is 277 Å². The minimum absolute atomic E-state index is 0. The van der Waals surface area contributed by atoms with Crippen LogP contribution in [0.15, 0.2) is 74.3 Å². The van der Waals surface area contributed by atoms with Gasteiger partial charge in [0.05, 0.1) is 6.54 Å². The maximum atomic E-state index is 14.1. The minimum Gasteiger partial charge on any atom is -0.480 e. The number of likely N-dealkylation sites (N-methyl/N-ethyl adjacent to an activating group) is 1. The number of carboxylic acid groups (broad SMARTS) is 1. The van der Waals surface area contributed by atoms with Crippen molar-refractivity contribution in [2.24, 2.45) is 0 Å². The lowest BCUT2D eigenvalue weighted by molar-refractivity contribution is -0.144. The SMILES string of the molecule is Cc1ccccc1C(=O)Nc1ccc(C(=O)N2CCCC(C(C(=O)O)N(C)Cc3oc(=O)oc3C)c3cc(Cl)ccc32)c(C)c1.Cl. The molecule has 0 aliphatic carbocycles. The molecule has 1 aliphatic rings. The maximum Gasteiger partial charge on any atom is 0.519 e. The van der Waals surface area contributed by atoms with E-state index in [0.29, 0.717) is 58.0 Å². The second kappa shape index (κ2) is 14.4. The summed E-state index contributed by atoms with van der Waals surface area (Å²) >= 11 is 6.43. The molecule has 0 saturated heterocycles. The zero-order valence-electron chi connectivity index (χ0n) is 25.8. The monoisotopic (exact) mass is 667 g/mol. The van der Waals surface area contributed by atoms with Crippen molar-refractivity contribution in [2.75, 3.05) is 23.8 Å². The van der Waals surface area contributed by atoms with Crippen LogP contribution in [0.5, 0.6) is 0 Å². The van der Waals surface area contributed by atoms with Gasteiger partial charge in [0, 0.05) is 40.0 Å². The molecule has 0 spiro atoms. The van der Waals surface area contributed by atoms with Gasteiger partial charge in [0.15, 0.2) is 5.76 Å². The van der Waals surface area contributed by atoms with E-state index in [-0.39, 0.29) is 42.3 Å². The fourth-order valence-corrected chi connectivity index (χ4v) is 6.20. The molecule has 0 saturated carbocycles. The van der Waals surface area contributed by atoms with E-state index in [0.717, 1.165) is 5.56 Å². The van der Waals surface area contributed by atoms with Gasteiger partial charge in [-0.05, 0) is 99.8 Å². The lowest BCUT2D eigenvalue weighted by Crippen LogP contribution is -2.42. The van der Waals surface area contributed by atoms with Crippen LogP contribution in [-0.4, -0.2) is 47.4 Å². The Balaban J connectivity index is 0.00000480. The van der Waals surface area contributed by atoms with E-state index in [2.05, 4.69) is 5.32 Å². The average Bonchev–Trinajstić information content (AvgIpc) is 3.18. The highest BCUT2D eigenvalue weighted by Crippen LogP contribution is 2.40. The third-order valence-corrected chi connectivity index (χ3v) is 8.50. The van der Waals surface area contributed by atoms with Gasteiger partial charge in [0.1, 0.15) is 11.8 Å². The van der Waals surface area contributed by atoms with E-state index < -0.39 is 23.8 Å². The summed E-state index contributed by atoms with van der Waals surface area (Å²) in [6.07, 6.45) is 0.999. The number of carbonyl (C=O) groups excluding carboxylic acids is 2. The molecule has 0 bridgehead atoms. The Morgan fingerprint density at radius 2 is 1.76 bits per heavy atom. The molecule has 46 heavy (non-hydrogen) atoms. The number of anilines is 2. The summed E-state index contributed by atoms with van der Waals surface area (Å²) in [5, 5.41) is 13.7. The number of nitrogens with zero attached hydrogens (tertiary/aromatic N) is 2. The highest BCUT2D eigenvalue weighted by atomic mass is 35.5. The highest BCUT2D eigenvalue weighted by molar-refractivity contribution is 6.30. The number of fused-ring (bicyclic) bond motifs is 1. The highest BCUT2D eigenvalue weighted by Gasteiger charge is 2.38. The van der Waals surface area contributed by atoms with Crippen LogP contribution in [0.25, 0.3) is 0 Å². The molecule has 0 radical (unpaired) electrons. The van der Waals surface area contributed by atoms with Crippen LogP contribution < -0.4 is 16.0 Å². The van der Waals surface area contributed by atoms with Gasteiger partial charge in [-0.3, -0.25) is 19.3 Å². The molecule has 12 heteroatoms. The predicted molar refractivity (Wildman–Crippen MR) is 178 cm³/mol. The summed E-state index contributed by atoms with van der Waals surface area (Å²) in [5.74, 6) is -2.38. The first-order valence-corrected chi connectivity index (χ1v) is 14.9. The molecule has 2 heterocycles. The summed E-state index contributed by atoms with van der Waals surface area (Å²) in [6.45, 7) is 5.66. The molecule has 10 nitrogen and oxygen atoms in total. The Kier molecular flexibility index (Phi) is 10.8. The van der Waals surface area contributed by atoms with Gasteiger partial charge in [-0.25, -0.2) is 4.79 Å². The molecule has 2 amide bonds. The zero-order chi connectivity index (χ0) is 32.4. The van der Waals surface area contributed by atoms with Crippen molar-refractivity contribution in [1.29, 1.82) is 0 Å². The summed E-state index contributed by atoms with van der Waals surface area (Å²) < 4.78 is 10.1. The molecule has 1 aliphatic heterocycles. The first-order chi connectivity index (χ1) is 21.4. The van der Waals surface area contributed by atoms with Crippen LogP contribution in [-0.2, 0) is 11.3 Å². The van der Waals surface area contributed by atoms with Crippen molar-refractivity contribution in [2.45, 2.75) is 52.1 Å². The Morgan fingerprint density at radius 3 is 2.41 bits per heavy atom. The second-order valence-electron chi connectivity index (χ2n) is 11.3. The molecular weight excluding hydrogens is 633 g/mol. The number of amides is 2. The fourth-order valence-electron chi connectivity index (χ4n) is 6.02. The minimum atomic E-state index is -1.06. The third kappa shape index (κ3) is 7.20. The van der Waals surface area contributed by atoms with E-state index >= 15 is 0 Å². The van der Waals surface area contributed by atoms with Gasteiger partial charge in [0.25, 0.3) is 11.8 Å². The summed E-state index contributed by atoms with van der Waals surface area (Å²) in [4.78, 5) is 54.5. The first-order valence-electron chi connectivity index (χ1n) is 14.6. The molecule has 242 valence electrons. The predicted octanol–water partition coefficient (Wildman–Crippen LogP) is 6.59. The Bertz CT molecular complexity index is 1830. The standard InChI is InChI=1S/C34H34ClN3O7.ClH/c1-19-8-5-6-9-24(19)31(39)36-23-12-13-25(20(2)16-23)32(40)38-15-7-10-26(27-17-22(35)11-14-28(27)38)30(33(41)42)37(4)18-29-21(3)44-34(43)45-29;/h5-6,8-9,11-14,16-17,26,30H,7,10,15,18H2,1-4H3,(H,36,39)(H,41,42);1H. The van der Waals surface area contributed by atoms with Crippen LogP contribution in [0.3, 0.4) is 0 Å². The molecular formula is C34H35Cl2N3O7. The number of halogens is 2. The number of hydrogen-bond donors (Lipinski definition) is 2. The zero-order valence-corrected chi connectivity index (χ0v) is 27.4. The van der Waals surface area contributed by atoms with Crippen LogP contribution in [0.1, 0.15) is 67.7 Å². The van der Waals surface area contributed by atoms with E-state index in [1.54, 1.807) is 66.2 Å². The van der Waals surface area contributed by atoms with E-state index in [9.17, 15) is 24.3 Å². The van der Waals surface area contributed by atoms with E-state index in [4.69, 9.17) is 20.4 Å². The van der Waals surface area contributed by atoms with Crippen molar-refractivity contribution in [1.82, 2.24) is 4.90 Å². The molecule has 0 fully saturated rings. The molecule has 4 aromatic rings. The topological polar surface area (TPSA) is 133 Å². The average molecular weight is 669 g/mol. The summed E-state index contributed by atoms with van der Waals surface area (Å²) in [6, 6.07) is 16.6. The van der Waals surface area contributed by atoms with Crippen molar-refractivity contribution in [3.63, 3.8) is 0 Å². The number of carbonyl (C=O) groups is 3. The van der Waals surface area contributed by atoms with Crippen molar-refractivity contribution in [3.05, 3.63) is 116 Å². The summed E-state index contributed by atoms with van der Waals surface area (Å²) in [5.41, 5.74) is 4.35. The number of benzene rings is 3. The lowest BCUT2D eigenvalue weighted by atomic mass is 9.86. The number of rotatable bonds is 8. The van der Waals surface area contributed by atoms with Gasteiger partial charge in [0.2, 0.25) is 0 Å². The molecule has 2 atom stereocenters. The van der Waals surface area contributed by atoms with Gasteiger partial charge in [-0.2, -0.15) is 0 Å². The lowest BCUT2D eigenvalue weighted by Gasteiger charge is -2.32. The molecule has 5 rings (SSSR count). The molecule has 2 N–H and O–H groups in total. The fraction of sp³-hybridized carbons (Fsp3) is 0.294. The van der Waals surface area contributed by atoms with Crippen LogP contribution >= 0.6 is 24.0 Å². The molecule has 2 unspecified atom stereocenters. The van der Waals surface area contributed by atoms with Gasteiger partial charge in [-0.15, -0.1) is 12.4 Å². The van der Waals surface area contributed by atoms with E-state index in [1.807, 2.05) is 32.0 Å². The summed E-state index contributed by atoms with van der Waals surface area (Å²) in [7, 11) is 1.64. The second-order valence-corrected chi connectivity index (χ2v) is 11.8. The number of aliphatic carboxylic acids is 1. The number of nitrogens with one attached hydrogen (secondary N) is 1. The molecule has 3 aromatic carbocycles. The van der Waals surface area contributed by atoms with Gasteiger partial charge >= 0.3 is 11.8 Å². The maximum absolute atomic E-state index is 14.1. The largest absolute Gasteiger partial charge is 0.519 e. The van der Waals surface area contributed by atoms with Crippen LogP contribution in [0.4, 0.5) is 11.4 Å². The van der Waals surface area contributed by atoms with Crippen molar-refractivity contribution < 1.29 is 28.3 Å². The molecule has 1 aromatic heterocycles. The van der Waals surface area contributed by atoms with Gasteiger partial charge in [-0.1, -0.05) is 29.8 Å². The van der Waals surface area contributed by atoms with Crippen molar-refractivity contribution >= 4 is 53.2 Å². The Hall–Kier alpha value is -4.38. The number of aryl methyl sites for hydroxylation is 3. The smallest absolute Gasteiger partial charge is 0.480 e. The quantitative estimate of drug-likeness (QED) is 0.215. The first kappa shape index (κ1) is 34.5. The number of carboxylic acids is 1. The normalized spacial score (nSPS) is 15.0.